The van der Waals surface area contributed by atoms with E-state index in [9.17, 15) is 13.2 Å². The Hall–Kier alpha value is -0.460. The second-order valence-electron chi connectivity index (χ2n) is 5.06. The molecule has 0 radical (unpaired) electrons. The highest BCUT2D eigenvalue weighted by molar-refractivity contribution is 6.31. The van der Waals surface area contributed by atoms with E-state index in [1.54, 1.807) is 12.1 Å². The quantitative estimate of drug-likeness (QED) is 0.747. The molecule has 0 amide bonds. The van der Waals surface area contributed by atoms with Gasteiger partial charge in [0.2, 0.25) is 0 Å². The average Bonchev–Trinajstić information content (AvgIpc) is 2.45. The lowest BCUT2D eigenvalue weighted by Crippen LogP contribution is -2.45. The van der Waals surface area contributed by atoms with Crippen molar-refractivity contribution >= 4 is 36.4 Å². The van der Waals surface area contributed by atoms with Crippen molar-refractivity contribution in [2.45, 2.75) is 18.6 Å². The average molecular weight is 392 g/mol. The highest BCUT2D eigenvalue weighted by Gasteiger charge is 2.34. The zero-order valence-electron chi connectivity index (χ0n) is 12.4. The van der Waals surface area contributed by atoms with Crippen LogP contribution in [0.25, 0.3) is 0 Å². The van der Waals surface area contributed by atoms with Crippen LogP contribution in [0.3, 0.4) is 0 Å². The van der Waals surface area contributed by atoms with Gasteiger partial charge in [-0.05, 0) is 24.1 Å². The van der Waals surface area contributed by atoms with Gasteiger partial charge in [-0.1, -0.05) is 23.7 Å². The Morgan fingerprint density at radius 2 is 1.87 bits per heavy atom. The summed E-state index contributed by atoms with van der Waals surface area (Å²) in [6, 6.07) is 4.08. The summed E-state index contributed by atoms with van der Waals surface area (Å²) < 4.78 is 39.0. The fourth-order valence-corrected chi connectivity index (χ4v) is 2.84. The maximum Gasteiger partial charge on any atom is 0.417 e. The Kier molecular flexibility index (Phi) is 9.55. The van der Waals surface area contributed by atoms with Crippen LogP contribution < -0.4 is 5.32 Å². The summed E-state index contributed by atoms with van der Waals surface area (Å²) in [5.41, 5.74) is -0.139. The Morgan fingerprint density at radius 3 is 2.39 bits per heavy atom. The predicted octanol–water partition coefficient (Wildman–Crippen LogP) is 4.72. The van der Waals surface area contributed by atoms with E-state index in [-0.39, 0.29) is 35.9 Å². The van der Waals surface area contributed by atoms with Crippen LogP contribution in [0.5, 0.6) is 0 Å². The molecule has 0 aromatic heterocycles. The van der Waals surface area contributed by atoms with Gasteiger partial charge in [-0.3, -0.25) is 4.90 Å². The lowest BCUT2D eigenvalue weighted by molar-refractivity contribution is -0.137. The highest BCUT2D eigenvalue weighted by Crippen LogP contribution is 2.37. The molecule has 132 valence electrons. The van der Waals surface area contributed by atoms with Crippen LogP contribution in [0.15, 0.2) is 30.9 Å². The van der Waals surface area contributed by atoms with Gasteiger partial charge in [-0.2, -0.15) is 13.2 Å². The van der Waals surface area contributed by atoms with E-state index in [2.05, 4.69) is 16.8 Å². The summed E-state index contributed by atoms with van der Waals surface area (Å²) >= 11 is 5.68. The first-order chi connectivity index (χ1) is 9.93. The molecule has 0 aliphatic carbocycles. The molecule has 0 spiro atoms. The number of alkyl halides is 3. The molecule has 1 saturated heterocycles. The molecule has 23 heavy (non-hydrogen) atoms. The molecule has 2 nitrogen and oxygen atoms in total. The van der Waals surface area contributed by atoms with Gasteiger partial charge in [0, 0.05) is 32.2 Å². The molecule has 1 aliphatic heterocycles. The summed E-state index contributed by atoms with van der Waals surface area (Å²) in [6.07, 6.45) is -2.08. The predicted molar refractivity (Wildman–Crippen MR) is 92.9 cm³/mol. The maximum absolute atomic E-state index is 13.0. The van der Waals surface area contributed by atoms with E-state index in [1.807, 2.05) is 0 Å². The molecule has 8 heteroatoms. The minimum Gasteiger partial charge on any atom is -0.314 e. The monoisotopic (exact) mass is 390 g/mol. The largest absolute Gasteiger partial charge is 0.417 e. The van der Waals surface area contributed by atoms with Crippen LogP contribution in [-0.2, 0) is 6.18 Å². The van der Waals surface area contributed by atoms with Crippen LogP contribution >= 0.6 is 36.4 Å². The van der Waals surface area contributed by atoms with E-state index in [1.165, 1.54) is 12.1 Å². The van der Waals surface area contributed by atoms with Crippen molar-refractivity contribution < 1.29 is 13.2 Å². The van der Waals surface area contributed by atoms with Gasteiger partial charge >= 0.3 is 6.18 Å². The summed E-state index contributed by atoms with van der Waals surface area (Å²) in [6.45, 7) is 7.02. The fraction of sp³-hybridized carbons (Fsp3) is 0.467. The molecule has 0 unspecified atom stereocenters. The van der Waals surface area contributed by atoms with E-state index in [0.29, 0.717) is 12.0 Å². The lowest BCUT2D eigenvalue weighted by Gasteiger charge is -2.35. The van der Waals surface area contributed by atoms with E-state index in [4.69, 9.17) is 11.6 Å². The first-order valence-corrected chi connectivity index (χ1v) is 7.23. The second-order valence-corrected chi connectivity index (χ2v) is 5.47. The normalized spacial score (nSPS) is 16.9. The standard InChI is InChI=1S/C15H18ClF3N2.2ClH/c1-2-3-14(21-8-6-20-7-9-21)11-4-5-13(16)12(10-11)15(17,18)19;;/h2,4-5,10,14,20H,1,3,6-9H2;2*1H/t14-;;/m1../s1. The minimum atomic E-state index is -4.44. The Balaban J connectivity index is 0.00000242. The fourth-order valence-electron chi connectivity index (χ4n) is 2.62. The van der Waals surface area contributed by atoms with Crippen molar-refractivity contribution in [1.29, 1.82) is 0 Å². The van der Waals surface area contributed by atoms with Gasteiger partial charge in [0.15, 0.2) is 0 Å². The van der Waals surface area contributed by atoms with E-state index < -0.39 is 11.7 Å². The molecule has 1 aromatic carbocycles. The molecule has 0 bridgehead atoms. The van der Waals surface area contributed by atoms with E-state index >= 15 is 0 Å². The number of piperazine rings is 1. The Bertz CT molecular complexity index is 503. The Morgan fingerprint density at radius 1 is 1.26 bits per heavy atom. The molecular weight excluding hydrogens is 372 g/mol. The van der Waals surface area contributed by atoms with Gasteiger partial charge in [0.1, 0.15) is 0 Å². The van der Waals surface area contributed by atoms with Crippen molar-refractivity contribution in [2.75, 3.05) is 26.2 Å². The van der Waals surface area contributed by atoms with Crippen LogP contribution in [0.1, 0.15) is 23.6 Å². The lowest BCUT2D eigenvalue weighted by atomic mass is 9.99. The minimum absolute atomic E-state index is 0. The van der Waals surface area contributed by atoms with Gasteiger partial charge in [0.05, 0.1) is 10.6 Å². The highest BCUT2D eigenvalue weighted by atomic mass is 35.5. The molecule has 1 heterocycles. The topological polar surface area (TPSA) is 15.3 Å². The van der Waals surface area contributed by atoms with Crippen LogP contribution in [0.2, 0.25) is 5.02 Å². The third-order valence-corrected chi connectivity index (χ3v) is 3.99. The van der Waals surface area contributed by atoms with Gasteiger partial charge < -0.3 is 5.32 Å². The van der Waals surface area contributed by atoms with Crippen molar-refractivity contribution in [1.82, 2.24) is 10.2 Å². The van der Waals surface area contributed by atoms with Crippen molar-refractivity contribution in [2.24, 2.45) is 0 Å². The molecule has 1 N–H and O–H groups in total. The summed E-state index contributed by atoms with van der Waals surface area (Å²) in [5, 5.41) is 2.98. The van der Waals surface area contributed by atoms with Gasteiger partial charge in [-0.15, -0.1) is 31.4 Å². The number of halogens is 6. The first kappa shape index (κ1) is 22.5. The third-order valence-electron chi connectivity index (χ3n) is 3.66. The van der Waals surface area contributed by atoms with E-state index in [0.717, 1.165) is 26.2 Å². The number of hydrogen-bond acceptors (Lipinski definition) is 2. The number of benzene rings is 1. The zero-order valence-corrected chi connectivity index (χ0v) is 14.8. The number of hydrogen-bond donors (Lipinski definition) is 1. The third kappa shape index (κ3) is 5.84. The van der Waals surface area contributed by atoms with Crippen LogP contribution in [0.4, 0.5) is 13.2 Å². The van der Waals surface area contributed by atoms with Gasteiger partial charge in [0.25, 0.3) is 0 Å². The van der Waals surface area contributed by atoms with Crippen LogP contribution in [-0.4, -0.2) is 31.1 Å². The number of nitrogens with one attached hydrogen (secondary N) is 1. The summed E-state index contributed by atoms with van der Waals surface area (Å²) in [4.78, 5) is 2.18. The van der Waals surface area contributed by atoms with Gasteiger partial charge in [-0.25, -0.2) is 0 Å². The molecule has 0 saturated carbocycles. The molecular formula is C15H20Cl3F3N2. The summed E-state index contributed by atoms with van der Waals surface area (Å²) in [7, 11) is 0. The van der Waals surface area contributed by atoms with Crippen LogP contribution in [0, 0.1) is 0 Å². The molecule has 1 atom stereocenters. The number of nitrogens with zero attached hydrogens (tertiary/aromatic N) is 1. The van der Waals surface area contributed by atoms with Crippen molar-refractivity contribution in [3.05, 3.63) is 47.0 Å². The second kappa shape index (κ2) is 9.74. The van der Waals surface area contributed by atoms with Crippen molar-refractivity contribution in [3.8, 4) is 0 Å². The molecule has 2 rings (SSSR count). The first-order valence-electron chi connectivity index (χ1n) is 6.86. The molecule has 1 fully saturated rings. The number of rotatable bonds is 4. The summed E-state index contributed by atoms with van der Waals surface area (Å²) in [5.74, 6) is 0. The zero-order chi connectivity index (χ0) is 15.5. The molecule has 1 aromatic rings. The smallest absolute Gasteiger partial charge is 0.314 e. The van der Waals surface area contributed by atoms with Crippen molar-refractivity contribution in [3.63, 3.8) is 0 Å². The Labute approximate surface area is 151 Å². The SMILES string of the molecule is C=CC[C@H](c1ccc(Cl)c(C(F)(F)F)c1)N1CCNCC1.Cl.Cl. The maximum atomic E-state index is 13.0. The molecule has 1 aliphatic rings.